The number of nitrogens with one attached hydrogen (secondary N) is 1. The summed E-state index contributed by atoms with van der Waals surface area (Å²) in [5, 5.41) is 7.49. The lowest BCUT2D eigenvalue weighted by atomic mass is 10.2. The molecule has 0 fully saturated rings. The molecule has 1 N–H and O–H groups in total. The fourth-order valence-corrected chi connectivity index (χ4v) is 3.47. The molecule has 0 aliphatic carbocycles. The highest BCUT2D eigenvalue weighted by molar-refractivity contribution is 9.10. The van der Waals surface area contributed by atoms with Crippen LogP contribution in [0.4, 0.5) is 0 Å². The Balaban J connectivity index is 1.85. The molecule has 0 saturated carbocycles. The summed E-state index contributed by atoms with van der Waals surface area (Å²) in [5.74, 6) is -0.146. The summed E-state index contributed by atoms with van der Waals surface area (Å²) in [6, 6.07) is 3.61. The first-order valence-electron chi connectivity index (χ1n) is 8.16. The zero-order valence-electron chi connectivity index (χ0n) is 14.6. The second kappa shape index (κ2) is 6.92. The number of amides is 1. The highest BCUT2D eigenvalue weighted by Gasteiger charge is 2.19. The van der Waals surface area contributed by atoms with Gasteiger partial charge in [-0.25, -0.2) is 0 Å². The first-order valence-corrected chi connectivity index (χ1v) is 8.96. The topological polar surface area (TPSA) is 65.0 Å². The molecule has 3 aromatic rings. The number of allylic oxidation sites excluding steroid dienone is 1. The van der Waals surface area contributed by atoms with Crippen molar-refractivity contribution in [3.8, 4) is 0 Å². The minimum atomic E-state index is -0.146. The molecule has 0 saturated heterocycles. The molecular weight excluding hydrogens is 384 g/mol. The van der Waals surface area contributed by atoms with Crippen LogP contribution in [0.1, 0.15) is 34.4 Å². The second-order valence-corrected chi connectivity index (χ2v) is 6.66. The van der Waals surface area contributed by atoms with Crippen molar-refractivity contribution in [1.29, 1.82) is 0 Å². The van der Waals surface area contributed by atoms with Crippen LogP contribution >= 0.6 is 15.9 Å². The molecule has 3 heterocycles. The monoisotopic (exact) mass is 404 g/mol. The maximum Gasteiger partial charge on any atom is 0.268 e. The van der Waals surface area contributed by atoms with Gasteiger partial charge in [0.25, 0.3) is 5.91 Å². The van der Waals surface area contributed by atoms with Crippen LogP contribution in [-0.2, 0) is 19.6 Å². The predicted molar refractivity (Wildman–Crippen MR) is 101 cm³/mol. The van der Waals surface area contributed by atoms with E-state index >= 15 is 0 Å². The molecule has 0 unspecified atom stereocenters. The van der Waals surface area contributed by atoms with Crippen molar-refractivity contribution >= 4 is 32.9 Å². The quantitative estimate of drug-likeness (QED) is 0.632. The van der Waals surface area contributed by atoms with Gasteiger partial charge in [0.2, 0.25) is 0 Å². The molecule has 7 heteroatoms. The molecule has 25 heavy (non-hydrogen) atoms. The van der Waals surface area contributed by atoms with Crippen molar-refractivity contribution in [3.05, 3.63) is 52.1 Å². The Morgan fingerprint density at radius 1 is 1.44 bits per heavy atom. The van der Waals surface area contributed by atoms with Crippen LogP contribution in [0.25, 0.3) is 11.1 Å². The first kappa shape index (κ1) is 17.5. The number of rotatable bonds is 6. The van der Waals surface area contributed by atoms with Crippen LogP contribution < -0.4 is 5.32 Å². The zero-order valence-corrected chi connectivity index (χ0v) is 16.2. The van der Waals surface area contributed by atoms with Gasteiger partial charge >= 0.3 is 0 Å². The third-order valence-corrected chi connectivity index (χ3v) is 4.75. The summed E-state index contributed by atoms with van der Waals surface area (Å²) >= 11 is 3.32. The van der Waals surface area contributed by atoms with Gasteiger partial charge in [-0.15, -0.1) is 6.58 Å². The molecule has 0 atom stereocenters. The smallest absolute Gasteiger partial charge is 0.268 e. The Kier molecular flexibility index (Phi) is 4.85. The molecule has 0 bridgehead atoms. The lowest BCUT2D eigenvalue weighted by molar-refractivity contribution is 0.0942. The highest BCUT2D eigenvalue weighted by Crippen LogP contribution is 2.27. The first-order chi connectivity index (χ1) is 12.0. The number of halogens is 1. The molecular formula is C18H21BrN4O2. The Morgan fingerprint density at radius 2 is 2.20 bits per heavy atom. The summed E-state index contributed by atoms with van der Waals surface area (Å²) in [6.07, 6.45) is 1.76. The number of carbonyl (C=O) groups is 1. The Hall–Kier alpha value is -2.28. The van der Waals surface area contributed by atoms with E-state index < -0.39 is 0 Å². The number of furan rings is 1. The summed E-state index contributed by atoms with van der Waals surface area (Å²) in [5.41, 5.74) is 5.18. The van der Waals surface area contributed by atoms with Gasteiger partial charge in [-0.1, -0.05) is 6.08 Å². The van der Waals surface area contributed by atoms with Crippen molar-refractivity contribution in [2.24, 2.45) is 0 Å². The number of hydrogen-bond acceptors (Lipinski definition) is 3. The number of nitrogens with zero attached hydrogens (tertiary/aromatic N) is 3. The van der Waals surface area contributed by atoms with Crippen molar-refractivity contribution in [1.82, 2.24) is 19.7 Å². The maximum absolute atomic E-state index is 12.7. The number of hydrogen-bond donors (Lipinski definition) is 1. The maximum atomic E-state index is 12.7. The van der Waals surface area contributed by atoms with Gasteiger partial charge < -0.3 is 14.3 Å². The minimum absolute atomic E-state index is 0.146. The summed E-state index contributed by atoms with van der Waals surface area (Å²) in [7, 11) is 0. The average molecular weight is 405 g/mol. The number of carbonyl (C=O) groups excluding carboxylic acids is 1. The standard InChI is InChI=1S/C18H21BrN4O2/c1-5-7-22-14-9-17(19)25-16(14)8-15(22)18(24)20-10-13-11(3)21-23(6-2)12(13)4/h5,8-9H,1,6-7,10H2,2-4H3,(H,20,24). The van der Waals surface area contributed by atoms with Crippen molar-refractivity contribution < 1.29 is 9.21 Å². The average Bonchev–Trinajstić information content (AvgIpc) is 3.18. The molecule has 0 aliphatic rings. The second-order valence-electron chi connectivity index (χ2n) is 5.88. The predicted octanol–water partition coefficient (Wildman–Crippen LogP) is 3.95. The van der Waals surface area contributed by atoms with Gasteiger partial charge in [0.05, 0.1) is 11.2 Å². The molecule has 3 aromatic heterocycles. The van der Waals surface area contributed by atoms with Crippen LogP contribution in [0.5, 0.6) is 0 Å². The Morgan fingerprint density at radius 3 is 2.84 bits per heavy atom. The fraction of sp³-hybridized carbons (Fsp3) is 0.333. The SMILES string of the molecule is C=CCn1c(C(=O)NCc2c(C)nn(CC)c2C)cc2oc(Br)cc21. The summed E-state index contributed by atoms with van der Waals surface area (Å²) in [6.45, 7) is 11.6. The Labute approximate surface area is 154 Å². The van der Waals surface area contributed by atoms with Gasteiger partial charge in [0.1, 0.15) is 5.69 Å². The van der Waals surface area contributed by atoms with Gasteiger partial charge in [-0.05, 0) is 36.7 Å². The van der Waals surface area contributed by atoms with Crippen LogP contribution in [-0.4, -0.2) is 20.3 Å². The van der Waals surface area contributed by atoms with E-state index in [1.165, 1.54) is 0 Å². The normalized spacial score (nSPS) is 11.2. The van der Waals surface area contributed by atoms with Crippen molar-refractivity contribution in [3.63, 3.8) is 0 Å². The molecule has 132 valence electrons. The van der Waals surface area contributed by atoms with Gasteiger partial charge in [0, 0.05) is 43.0 Å². The van der Waals surface area contributed by atoms with E-state index in [0.29, 0.717) is 29.0 Å². The van der Waals surface area contributed by atoms with Crippen LogP contribution in [0, 0.1) is 13.8 Å². The Bertz CT molecular complexity index is 948. The van der Waals surface area contributed by atoms with Crippen molar-refractivity contribution in [2.45, 2.75) is 40.4 Å². The molecule has 1 amide bonds. The van der Waals surface area contributed by atoms with Gasteiger partial charge in [-0.2, -0.15) is 5.10 Å². The minimum Gasteiger partial charge on any atom is -0.448 e. The van der Waals surface area contributed by atoms with E-state index in [9.17, 15) is 4.79 Å². The van der Waals surface area contributed by atoms with E-state index in [1.54, 1.807) is 12.1 Å². The molecule has 0 aromatic carbocycles. The number of aromatic nitrogens is 3. The highest BCUT2D eigenvalue weighted by atomic mass is 79.9. The summed E-state index contributed by atoms with van der Waals surface area (Å²) < 4.78 is 10.0. The molecule has 0 aliphatic heterocycles. The third-order valence-electron chi connectivity index (χ3n) is 4.36. The van der Waals surface area contributed by atoms with E-state index in [2.05, 4.69) is 39.8 Å². The van der Waals surface area contributed by atoms with Crippen LogP contribution in [0.15, 0.2) is 33.9 Å². The zero-order chi connectivity index (χ0) is 18.1. The van der Waals surface area contributed by atoms with Gasteiger partial charge in [-0.3, -0.25) is 9.48 Å². The summed E-state index contributed by atoms with van der Waals surface area (Å²) in [4.78, 5) is 12.7. The molecule has 6 nitrogen and oxygen atoms in total. The third kappa shape index (κ3) is 3.16. The lowest BCUT2D eigenvalue weighted by Crippen LogP contribution is -2.26. The van der Waals surface area contributed by atoms with E-state index in [4.69, 9.17) is 4.42 Å². The van der Waals surface area contributed by atoms with E-state index in [-0.39, 0.29) is 5.91 Å². The van der Waals surface area contributed by atoms with E-state index in [0.717, 1.165) is 29.0 Å². The molecule has 3 rings (SSSR count). The van der Waals surface area contributed by atoms with E-state index in [1.807, 2.05) is 29.2 Å². The number of fused-ring (bicyclic) bond motifs is 1. The van der Waals surface area contributed by atoms with Crippen molar-refractivity contribution in [2.75, 3.05) is 0 Å². The molecule has 0 radical (unpaired) electrons. The molecule has 0 spiro atoms. The van der Waals surface area contributed by atoms with Crippen LogP contribution in [0.3, 0.4) is 0 Å². The lowest BCUT2D eigenvalue weighted by Gasteiger charge is -2.09. The number of aryl methyl sites for hydroxylation is 2. The largest absolute Gasteiger partial charge is 0.448 e. The fourth-order valence-electron chi connectivity index (χ4n) is 3.08. The van der Waals surface area contributed by atoms with Gasteiger partial charge in [0.15, 0.2) is 10.3 Å². The van der Waals surface area contributed by atoms with Crippen LogP contribution in [0.2, 0.25) is 0 Å².